The molecule has 3 rings (SSSR count). The number of ether oxygens (including phenoxy) is 1. The number of benzene rings is 1. The standard InChI is InChI=1S/C18H19NO5/c1-11-16(18(21)22)8-15(24-11)9-19-17(20)13-4-6-14(7-5-13)23-10-12-2-3-12/h4-8,12H,2-3,9-10H2,1H3,(H,19,20)(H,21,22). The Morgan fingerprint density at radius 2 is 2.00 bits per heavy atom. The predicted molar refractivity (Wildman–Crippen MR) is 86.2 cm³/mol. The molecule has 0 atom stereocenters. The SMILES string of the molecule is Cc1oc(CNC(=O)c2ccc(OCC3CC3)cc2)cc1C(=O)O. The lowest BCUT2D eigenvalue weighted by atomic mass is 10.2. The van der Waals surface area contributed by atoms with Gasteiger partial charge in [0.05, 0.1) is 13.2 Å². The number of carbonyl (C=O) groups is 2. The molecule has 2 aromatic rings. The van der Waals surface area contributed by atoms with E-state index in [1.165, 1.54) is 18.9 Å². The van der Waals surface area contributed by atoms with Crippen LogP contribution in [0.15, 0.2) is 34.7 Å². The highest BCUT2D eigenvalue weighted by Crippen LogP contribution is 2.29. The third-order valence-electron chi connectivity index (χ3n) is 3.92. The zero-order valence-electron chi connectivity index (χ0n) is 13.4. The van der Waals surface area contributed by atoms with E-state index < -0.39 is 5.97 Å². The van der Waals surface area contributed by atoms with Crippen LogP contribution in [0.5, 0.6) is 5.75 Å². The number of hydrogen-bond acceptors (Lipinski definition) is 4. The van der Waals surface area contributed by atoms with Crippen LogP contribution in [0.2, 0.25) is 0 Å². The van der Waals surface area contributed by atoms with Gasteiger partial charge in [-0.1, -0.05) is 0 Å². The van der Waals surface area contributed by atoms with Gasteiger partial charge in [0.25, 0.3) is 5.91 Å². The first kappa shape index (κ1) is 16.1. The monoisotopic (exact) mass is 329 g/mol. The molecular weight excluding hydrogens is 310 g/mol. The van der Waals surface area contributed by atoms with Crippen molar-refractivity contribution in [2.45, 2.75) is 26.3 Å². The minimum absolute atomic E-state index is 0.108. The number of furan rings is 1. The van der Waals surface area contributed by atoms with Crippen molar-refractivity contribution in [3.8, 4) is 5.75 Å². The average Bonchev–Trinajstić information content (AvgIpc) is 3.32. The minimum atomic E-state index is -1.05. The van der Waals surface area contributed by atoms with Crippen molar-refractivity contribution in [1.82, 2.24) is 5.32 Å². The second kappa shape index (κ2) is 6.78. The van der Waals surface area contributed by atoms with Crippen molar-refractivity contribution in [3.63, 3.8) is 0 Å². The molecule has 6 heteroatoms. The Bertz CT molecular complexity index is 743. The summed E-state index contributed by atoms with van der Waals surface area (Å²) in [6.07, 6.45) is 2.46. The smallest absolute Gasteiger partial charge is 0.339 e. The second-order valence-corrected chi connectivity index (χ2v) is 5.95. The van der Waals surface area contributed by atoms with Gasteiger partial charge in [0.2, 0.25) is 0 Å². The van der Waals surface area contributed by atoms with E-state index in [0.29, 0.717) is 23.0 Å². The van der Waals surface area contributed by atoms with E-state index in [1.54, 1.807) is 31.2 Å². The van der Waals surface area contributed by atoms with Crippen LogP contribution in [0.1, 0.15) is 45.1 Å². The van der Waals surface area contributed by atoms with Gasteiger partial charge in [-0.05, 0) is 56.0 Å². The van der Waals surface area contributed by atoms with Crippen LogP contribution in [0.4, 0.5) is 0 Å². The number of carboxylic acids is 1. The van der Waals surface area contributed by atoms with Gasteiger partial charge < -0.3 is 19.6 Å². The molecule has 0 saturated heterocycles. The number of aryl methyl sites for hydroxylation is 1. The van der Waals surface area contributed by atoms with Gasteiger partial charge in [0.15, 0.2) is 0 Å². The summed E-state index contributed by atoms with van der Waals surface area (Å²) in [5.41, 5.74) is 0.618. The maximum absolute atomic E-state index is 12.1. The summed E-state index contributed by atoms with van der Waals surface area (Å²) in [6, 6.07) is 8.38. The molecule has 1 fully saturated rings. The highest BCUT2D eigenvalue weighted by Gasteiger charge is 2.21. The van der Waals surface area contributed by atoms with Crippen LogP contribution in [0, 0.1) is 12.8 Å². The summed E-state index contributed by atoms with van der Waals surface area (Å²) in [4.78, 5) is 23.1. The molecule has 0 spiro atoms. The highest BCUT2D eigenvalue weighted by molar-refractivity contribution is 5.94. The Morgan fingerprint density at radius 3 is 2.58 bits per heavy atom. The van der Waals surface area contributed by atoms with Crippen molar-refractivity contribution in [2.24, 2.45) is 5.92 Å². The van der Waals surface area contributed by atoms with Gasteiger partial charge in [-0.15, -0.1) is 0 Å². The van der Waals surface area contributed by atoms with Gasteiger partial charge in [0.1, 0.15) is 22.8 Å². The number of carbonyl (C=O) groups excluding carboxylic acids is 1. The van der Waals surface area contributed by atoms with Crippen LogP contribution in [0.3, 0.4) is 0 Å². The molecule has 24 heavy (non-hydrogen) atoms. The molecule has 0 bridgehead atoms. The molecule has 1 aliphatic carbocycles. The maximum atomic E-state index is 12.1. The maximum Gasteiger partial charge on any atom is 0.339 e. The second-order valence-electron chi connectivity index (χ2n) is 5.95. The zero-order valence-corrected chi connectivity index (χ0v) is 13.4. The van der Waals surface area contributed by atoms with Gasteiger partial charge in [-0.25, -0.2) is 4.79 Å². The largest absolute Gasteiger partial charge is 0.493 e. The molecule has 1 heterocycles. The fraction of sp³-hybridized carbons (Fsp3) is 0.333. The summed E-state index contributed by atoms with van der Waals surface area (Å²) >= 11 is 0. The fourth-order valence-electron chi connectivity index (χ4n) is 2.31. The zero-order chi connectivity index (χ0) is 17.1. The summed E-state index contributed by atoms with van der Waals surface area (Å²) in [7, 11) is 0. The molecule has 6 nitrogen and oxygen atoms in total. The summed E-state index contributed by atoms with van der Waals surface area (Å²) in [6.45, 7) is 2.44. The first-order chi connectivity index (χ1) is 11.5. The Balaban J connectivity index is 1.54. The number of aromatic carboxylic acids is 1. The molecule has 0 aliphatic heterocycles. The predicted octanol–water partition coefficient (Wildman–Crippen LogP) is 3.01. The highest BCUT2D eigenvalue weighted by atomic mass is 16.5. The molecular formula is C18H19NO5. The summed E-state index contributed by atoms with van der Waals surface area (Å²) < 4.78 is 11.0. The lowest BCUT2D eigenvalue weighted by Crippen LogP contribution is -2.22. The molecule has 1 amide bonds. The van der Waals surface area contributed by atoms with E-state index in [4.69, 9.17) is 14.3 Å². The van der Waals surface area contributed by atoms with Gasteiger partial charge in [-0.3, -0.25) is 4.79 Å². The Morgan fingerprint density at radius 1 is 1.29 bits per heavy atom. The molecule has 126 valence electrons. The van der Waals surface area contributed by atoms with Gasteiger partial charge >= 0.3 is 5.97 Å². The summed E-state index contributed by atoms with van der Waals surface area (Å²) in [5, 5.41) is 11.7. The topological polar surface area (TPSA) is 88.8 Å². The van der Waals surface area contributed by atoms with Crippen LogP contribution >= 0.6 is 0 Å². The molecule has 1 saturated carbocycles. The first-order valence-corrected chi connectivity index (χ1v) is 7.86. The molecule has 1 aliphatic rings. The normalized spacial score (nSPS) is 13.5. The molecule has 0 radical (unpaired) electrons. The van der Waals surface area contributed by atoms with Crippen molar-refractivity contribution < 1.29 is 23.8 Å². The molecule has 2 N–H and O–H groups in total. The molecule has 1 aromatic heterocycles. The summed E-state index contributed by atoms with van der Waals surface area (Å²) in [5.74, 6) is 0.864. The minimum Gasteiger partial charge on any atom is -0.493 e. The van der Waals surface area contributed by atoms with Crippen LogP contribution in [-0.2, 0) is 6.54 Å². The van der Waals surface area contributed by atoms with E-state index in [0.717, 1.165) is 12.4 Å². The lowest BCUT2D eigenvalue weighted by Gasteiger charge is -2.07. The lowest BCUT2D eigenvalue weighted by molar-refractivity contribution is 0.0694. The van der Waals surface area contributed by atoms with Crippen molar-refractivity contribution in [1.29, 1.82) is 0 Å². The Kier molecular flexibility index (Phi) is 4.55. The quantitative estimate of drug-likeness (QED) is 0.815. The average molecular weight is 329 g/mol. The number of nitrogens with one attached hydrogen (secondary N) is 1. The Hall–Kier alpha value is -2.76. The third-order valence-corrected chi connectivity index (χ3v) is 3.92. The van der Waals surface area contributed by atoms with E-state index in [9.17, 15) is 9.59 Å². The Labute approximate surface area is 139 Å². The van der Waals surface area contributed by atoms with Crippen molar-refractivity contribution in [3.05, 3.63) is 53.0 Å². The van der Waals surface area contributed by atoms with E-state index in [-0.39, 0.29) is 18.0 Å². The first-order valence-electron chi connectivity index (χ1n) is 7.86. The molecule has 0 unspecified atom stereocenters. The van der Waals surface area contributed by atoms with Crippen LogP contribution in [0.25, 0.3) is 0 Å². The third kappa shape index (κ3) is 3.95. The van der Waals surface area contributed by atoms with E-state index in [1.807, 2.05) is 0 Å². The van der Waals surface area contributed by atoms with Crippen LogP contribution < -0.4 is 10.1 Å². The van der Waals surface area contributed by atoms with E-state index >= 15 is 0 Å². The van der Waals surface area contributed by atoms with E-state index in [2.05, 4.69) is 5.32 Å². The van der Waals surface area contributed by atoms with Crippen molar-refractivity contribution in [2.75, 3.05) is 6.61 Å². The van der Waals surface area contributed by atoms with Crippen molar-refractivity contribution >= 4 is 11.9 Å². The fourth-order valence-corrected chi connectivity index (χ4v) is 2.31. The molecule has 1 aromatic carbocycles. The number of rotatable bonds is 7. The van der Waals surface area contributed by atoms with Gasteiger partial charge in [-0.2, -0.15) is 0 Å². The number of hydrogen-bond donors (Lipinski definition) is 2. The number of amides is 1. The van der Waals surface area contributed by atoms with Crippen LogP contribution in [-0.4, -0.2) is 23.6 Å². The van der Waals surface area contributed by atoms with Gasteiger partial charge in [0, 0.05) is 5.56 Å². The number of carboxylic acid groups (broad SMARTS) is 1.